The number of ether oxygens (including phenoxy) is 1. The van der Waals surface area contributed by atoms with Crippen LogP contribution in [0, 0.1) is 0 Å². The topological polar surface area (TPSA) is 64.1 Å². The van der Waals surface area contributed by atoms with Crippen LogP contribution in [0.4, 0.5) is 5.13 Å². The Labute approximate surface area is 143 Å². The number of carbonyl (C=O) groups is 1. The van der Waals surface area contributed by atoms with Gasteiger partial charge in [0.25, 0.3) is 5.91 Å². The largest absolute Gasteiger partial charge is 0.497 e. The molecule has 0 fully saturated rings. The Hall–Kier alpha value is -2.99. The molecule has 6 heteroatoms. The molecule has 3 rings (SSSR count). The van der Waals surface area contributed by atoms with Gasteiger partial charge in [-0.1, -0.05) is 47.7 Å². The zero-order chi connectivity index (χ0) is 16.8. The number of amides is 1. The molecule has 5 nitrogen and oxygen atoms in total. The van der Waals surface area contributed by atoms with Crippen LogP contribution in [0.5, 0.6) is 5.75 Å². The van der Waals surface area contributed by atoms with E-state index in [9.17, 15) is 4.79 Å². The first-order chi connectivity index (χ1) is 11.7. The van der Waals surface area contributed by atoms with Crippen LogP contribution in [-0.4, -0.2) is 23.2 Å². The summed E-state index contributed by atoms with van der Waals surface area (Å²) < 4.78 is 5.12. The van der Waals surface area contributed by atoms with Gasteiger partial charge >= 0.3 is 0 Å². The van der Waals surface area contributed by atoms with E-state index in [-0.39, 0.29) is 5.91 Å². The number of hydrogen-bond donors (Lipinski definition) is 1. The monoisotopic (exact) mass is 337 g/mol. The van der Waals surface area contributed by atoms with E-state index in [0.29, 0.717) is 15.7 Å². The van der Waals surface area contributed by atoms with Crippen LogP contribution in [0.15, 0.2) is 54.6 Å². The second-order valence-electron chi connectivity index (χ2n) is 4.87. The molecular weight excluding hydrogens is 322 g/mol. The fourth-order valence-electron chi connectivity index (χ4n) is 1.99. The lowest BCUT2D eigenvalue weighted by Gasteiger charge is -1.99. The molecule has 0 spiro atoms. The first-order valence-electron chi connectivity index (χ1n) is 7.26. The molecule has 1 amide bonds. The third-order valence-electron chi connectivity index (χ3n) is 3.23. The highest BCUT2D eigenvalue weighted by Crippen LogP contribution is 2.19. The predicted molar refractivity (Wildman–Crippen MR) is 96.2 cm³/mol. The van der Waals surface area contributed by atoms with Gasteiger partial charge in [0.1, 0.15) is 10.8 Å². The van der Waals surface area contributed by atoms with Crippen molar-refractivity contribution in [3.63, 3.8) is 0 Å². The number of carbonyl (C=O) groups excluding carboxylic acids is 1. The molecular formula is C18H15N3O2S. The highest BCUT2D eigenvalue weighted by molar-refractivity contribution is 7.16. The van der Waals surface area contributed by atoms with E-state index in [2.05, 4.69) is 15.5 Å². The van der Waals surface area contributed by atoms with E-state index in [1.54, 1.807) is 19.2 Å². The minimum absolute atomic E-state index is 0.197. The molecule has 120 valence electrons. The SMILES string of the molecule is COc1ccc(C=Cc2nnc(NC(=O)c3ccccc3)s2)cc1. The van der Waals surface area contributed by atoms with E-state index >= 15 is 0 Å². The first-order valence-corrected chi connectivity index (χ1v) is 8.08. The van der Waals surface area contributed by atoms with Gasteiger partial charge in [-0.2, -0.15) is 0 Å². The van der Waals surface area contributed by atoms with Crippen molar-refractivity contribution >= 4 is 34.5 Å². The molecule has 0 aliphatic rings. The lowest BCUT2D eigenvalue weighted by molar-refractivity contribution is 0.102. The number of rotatable bonds is 5. The molecule has 0 saturated carbocycles. The Kier molecular flexibility index (Phi) is 4.98. The number of nitrogens with one attached hydrogen (secondary N) is 1. The molecule has 1 heterocycles. The Balaban J connectivity index is 1.64. The van der Waals surface area contributed by atoms with Crippen molar-refractivity contribution in [1.29, 1.82) is 0 Å². The standard InChI is InChI=1S/C18H15N3O2S/c1-23-15-10-7-13(8-11-15)9-12-16-20-21-18(24-16)19-17(22)14-5-3-2-4-6-14/h2-12H,1H3,(H,19,21,22). The third kappa shape index (κ3) is 4.05. The summed E-state index contributed by atoms with van der Waals surface area (Å²) in [5.74, 6) is 0.617. The fourth-order valence-corrected chi connectivity index (χ4v) is 2.63. The molecule has 2 aromatic carbocycles. The van der Waals surface area contributed by atoms with Crippen LogP contribution in [0.2, 0.25) is 0 Å². The Morgan fingerprint density at radius 3 is 2.50 bits per heavy atom. The van der Waals surface area contributed by atoms with E-state index in [1.165, 1.54) is 11.3 Å². The van der Waals surface area contributed by atoms with Crippen molar-refractivity contribution in [3.05, 3.63) is 70.7 Å². The van der Waals surface area contributed by atoms with Gasteiger partial charge in [0.15, 0.2) is 0 Å². The van der Waals surface area contributed by atoms with Crippen LogP contribution >= 0.6 is 11.3 Å². The van der Waals surface area contributed by atoms with Gasteiger partial charge in [0.2, 0.25) is 5.13 Å². The smallest absolute Gasteiger partial charge is 0.257 e. The summed E-state index contributed by atoms with van der Waals surface area (Å²) in [7, 11) is 1.64. The minimum Gasteiger partial charge on any atom is -0.497 e. The van der Waals surface area contributed by atoms with Crippen molar-refractivity contribution in [3.8, 4) is 5.75 Å². The number of anilines is 1. The normalized spacial score (nSPS) is 10.7. The maximum atomic E-state index is 12.1. The summed E-state index contributed by atoms with van der Waals surface area (Å²) in [4.78, 5) is 12.1. The maximum Gasteiger partial charge on any atom is 0.257 e. The molecule has 0 unspecified atom stereocenters. The molecule has 0 radical (unpaired) electrons. The number of methoxy groups -OCH3 is 1. The lowest BCUT2D eigenvalue weighted by Crippen LogP contribution is -2.11. The number of benzene rings is 2. The summed E-state index contributed by atoms with van der Waals surface area (Å²) in [6.45, 7) is 0. The Bertz CT molecular complexity index is 842. The van der Waals surface area contributed by atoms with Crippen LogP contribution in [-0.2, 0) is 0 Å². The highest BCUT2D eigenvalue weighted by Gasteiger charge is 2.08. The Morgan fingerprint density at radius 1 is 1.04 bits per heavy atom. The molecule has 0 aliphatic carbocycles. The first kappa shape index (κ1) is 15.9. The summed E-state index contributed by atoms with van der Waals surface area (Å²) in [5, 5.41) is 12.0. The van der Waals surface area contributed by atoms with Crippen molar-refractivity contribution < 1.29 is 9.53 Å². The molecule has 0 bridgehead atoms. The lowest BCUT2D eigenvalue weighted by atomic mass is 10.2. The second-order valence-corrected chi connectivity index (χ2v) is 5.88. The zero-order valence-corrected chi connectivity index (χ0v) is 13.8. The van der Waals surface area contributed by atoms with Gasteiger partial charge < -0.3 is 4.74 Å². The minimum atomic E-state index is -0.197. The summed E-state index contributed by atoms with van der Waals surface area (Å²) in [5.41, 5.74) is 1.61. The summed E-state index contributed by atoms with van der Waals surface area (Å²) >= 11 is 1.32. The quantitative estimate of drug-likeness (QED) is 0.765. The maximum absolute atomic E-state index is 12.1. The zero-order valence-electron chi connectivity index (χ0n) is 13.0. The van der Waals surface area contributed by atoms with Gasteiger partial charge in [-0.25, -0.2) is 0 Å². The third-order valence-corrected chi connectivity index (χ3v) is 4.04. The van der Waals surface area contributed by atoms with Crippen LogP contribution in [0.1, 0.15) is 20.9 Å². The average molecular weight is 337 g/mol. The second kappa shape index (κ2) is 7.52. The van der Waals surface area contributed by atoms with Crippen molar-refractivity contribution in [2.75, 3.05) is 12.4 Å². The van der Waals surface area contributed by atoms with Gasteiger partial charge in [-0.3, -0.25) is 10.1 Å². The van der Waals surface area contributed by atoms with E-state index in [0.717, 1.165) is 11.3 Å². The van der Waals surface area contributed by atoms with Crippen LogP contribution in [0.3, 0.4) is 0 Å². The highest BCUT2D eigenvalue weighted by atomic mass is 32.1. The van der Waals surface area contributed by atoms with Crippen LogP contribution < -0.4 is 10.1 Å². The van der Waals surface area contributed by atoms with E-state index in [4.69, 9.17) is 4.74 Å². The summed E-state index contributed by atoms with van der Waals surface area (Å²) in [6.07, 6.45) is 3.79. The molecule has 1 aromatic heterocycles. The van der Waals surface area contributed by atoms with E-state index < -0.39 is 0 Å². The van der Waals surface area contributed by atoms with Gasteiger partial charge in [0, 0.05) is 5.56 Å². The van der Waals surface area contributed by atoms with Gasteiger partial charge in [0.05, 0.1) is 7.11 Å². The van der Waals surface area contributed by atoms with Crippen LogP contribution in [0.25, 0.3) is 12.2 Å². The number of nitrogens with zero attached hydrogens (tertiary/aromatic N) is 2. The molecule has 1 N–H and O–H groups in total. The van der Waals surface area contributed by atoms with E-state index in [1.807, 2.05) is 54.6 Å². The van der Waals surface area contributed by atoms with Crippen molar-refractivity contribution in [2.24, 2.45) is 0 Å². The molecule has 24 heavy (non-hydrogen) atoms. The summed E-state index contributed by atoms with van der Waals surface area (Å²) in [6, 6.07) is 16.7. The molecule has 0 aliphatic heterocycles. The Morgan fingerprint density at radius 2 is 1.79 bits per heavy atom. The fraction of sp³-hybridized carbons (Fsp3) is 0.0556. The molecule has 0 atom stereocenters. The average Bonchev–Trinajstić information content (AvgIpc) is 3.08. The van der Waals surface area contributed by atoms with Gasteiger partial charge in [-0.15, -0.1) is 10.2 Å². The van der Waals surface area contributed by atoms with Crippen molar-refractivity contribution in [1.82, 2.24) is 10.2 Å². The van der Waals surface area contributed by atoms with Gasteiger partial charge in [-0.05, 0) is 35.9 Å². The number of hydrogen-bond acceptors (Lipinski definition) is 5. The molecule has 3 aromatic rings. The number of aromatic nitrogens is 2. The molecule has 0 saturated heterocycles. The van der Waals surface area contributed by atoms with Crippen molar-refractivity contribution in [2.45, 2.75) is 0 Å². The predicted octanol–water partition coefficient (Wildman–Crippen LogP) is 3.97.